The lowest BCUT2D eigenvalue weighted by Gasteiger charge is -2.32. The molecule has 1 aromatic rings. The zero-order valence-electron chi connectivity index (χ0n) is 16.8. The van der Waals surface area contributed by atoms with Gasteiger partial charge in [-0.15, -0.1) is 0 Å². The molecule has 0 radical (unpaired) electrons. The average molecular weight is 395 g/mol. The van der Waals surface area contributed by atoms with Crippen LogP contribution in [0.4, 0.5) is 21.9 Å². The van der Waals surface area contributed by atoms with Crippen LogP contribution in [-0.4, -0.2) is 50.4 Å². The van der Waals surface area contributed by atoms with E-state index in [2.05, 4.69) is 5.32 Å². The molecule has 1 heterocycles. The lowest BCUT2D eigenvalue weighted by molar-refractivity contribution is -0.386. The van der Waals surface area contributed by atoms with Crippen LogP contribution in [0.5, 0.6) is 5.75 Å². The van der Waals surface area contributed by atoms with Gasteiger partial charge in [0, 0.05) is 19.3 Å². The molecule has 0 spiro atoms. The molecule has 0 saturated carbocycles. The minimum Gasteiger partial charge on any atom is -0.489 e. The number of anilines is 2. The Morgan fingerprint density at radius 2 is 1.96 bits per heavy atom. The van der Waals surface area contributed by atoms with Gasteiger partial charge in [0.25, 0.3) is 0 Å². The number of nitro benzene ring substituents is 1. The lowest BCUT2D eigenvalue weighted by Crippen LogP contribution is -2.32. The summed E-state index contributed by atoms with van der Waals surface area (Å²) in [5.74, 6) is -1.52. The van der Waals surface area contributed by atoms with E-state index in [4.69, 9.17) is 14.2 Å². The fraction of sp³-hybridized carbons (Fsp3) is 0.556. The first-order valence-electron chi connectivity index (χ1n) is 8.68. The van der Waals surface area contributed by atoms with Crippen LogP contribution >= 0.6 is 0 Å². The van der Waals surface area contributed by atoms with E-state index in [0.29, 0.717) is 18.7 Å². The van der Waals surface area contributed by atoms with Crippen molar-refractivity contribution in [3.05, 3.63) is 21.7 Å². The first kappa shape index (κ1) is 21.3. The summed E-state index contributed by atoms with van der Waals surface area (Å²) < 4.78 is 15.3. The first-order valence-corrected chi connectivity index (χ1v) is 8.68. The highest BCUT2D eigenvalue weighted by Gasteiger charge is 2.40. The Bertz CT molecular complexity index is 801. The second-order valence-electron chi connectivity index (χ2n) is 7.41. The largest absolute Gasteiger partial charge is 0.489 e. The number of benzene rings is 1. The van der Waals surface area contributed by atoms with Crippen LogP contribution in [0, 0.1) is 10.1 Å². The van der Waals surface area contributed by atoms with Crippen molar-refractivity contribution in [1.82, 2.24) is 0 Å². The van der Waals surface area contributed by atoms with Crippen LogP contribution in [0.3, 0.4) is 0 Å². The van der Waals surface area contributed by atoms with E-state index in [9.17, 15) is 19.7 Å². The molecule has 1 aliphatic rings. The number of hydrogen-bond acceptors (Lipinski definition) is 8. The third-order valence-corrected chi connectivity index (χ3v) is 4.29. The van der Waals surface area contributed by atoms with E-state index in [1.54, 1.807) is 38.8 Å². The second kappa shape index (κ2) is 7.91. The maximum atomic E-state index is 12.2. The van der Waals surface area contributed by atoms with Crippen LogP contribution < -0.4 is 15.0 Å². The van der Waals surface area contributed by atoms with Crippen molar-refractivity contribution in [1.29, 1.82) is 0 Å². The third kappa shape index (κ3) is 4.26. The van der Waals surface area contributed by atoms with Crippen molar-refractivity contribution < 1.29 is 28.7 Å². The Labute approximate surface area is 162 Å². The summed E-state index contributed by atoms with van der Waals surface area (Å²) in [4.78, 5) is 37.5. The predicted molar refractivity (Wildman–Crippen MR) is 102 cm³/mol. The lowest BCUT2D eigenvalue weighted by atomic mass is 9.88. The molecular weight excluding hydrogens is 370 g/mol. The number of ether oxygens (including phenoxy) is 3. The van der Waals surface area contributed by atoms with Crippen molar-refractivity contribution in [3.8, 4) is 5.75 Å². The van der Waals surface area contributed by atoms with Crippen molar-refractivity contribution in [3.63, 3.8) is 0 Å². The molecular formula is C18H25N3O7. The van der Waals surface area contributed by atoms with Gasteiger partial charge in [-0.25, -0.2) is 4.79 Å². The minimum absolute atomic E-state index is 0.0829. The number of hydrogen-bond donors (Lipinski definition) is 1. The maximum absolute atomic E-state index is 12.2. The smallest absolute Gasteiger partial charge is 0.412 e. The van der Waals surface area contributed by atoms with E-state index < -0.39 is 28.5 Å². The normalized spacial score (nSPS) is 16.1. The summed E-state index contributed by atoms with van der Waals surface area (Å²) in [6, 6.07) is 1.54. The van der Waals surface area contributed by atoms with Crippen LogP contribution in [0.15, 0.2) is 6.07 Å². The monoisotopic (exact) mass is 395 g/mol. The molecule has 10 heteroatoms. The van der Waals surface area contributed by atoms with Gasteiger partial charge in [0.1, 0.15) is 5.60 Å². The fourth-order valence-electron chi connectivity index (χ4n) is 3.17. The molecule has 1 atom stereocenters. The number of rotatable bonds is 4. The Morgan fingerprint density at radius 3 is 2.46 bits per heavy atom. The molecule has 0 aromatic heterocycles. The van der Waals surface area contributed by atoms with Crippen LogP contribution in [0.2, 0.25) is 0 Å². The second-order valence-corrected chi connectivity index (χ2v) is 7.41. The molecule has 1 N–H and O–H groups in total. The highest BCUT2D eigenvalue weighted by molar-refractivity contribution is 5.94. The van der Waals surface area contributed by atoms with Gasteiger partial charge in [-0.3, -0.25) is 20.2 Å². The molecule has 0 saturated heterocycles. The number of amides is 1. The molecule has 1 aromatic carbocycles. The minimum atomic E-state index is -0.805. The summed E-state index contributed by atoms with van der Waals surface area (Å²) in [5.41, 5.74) is -0.394. The Hall–Kier alpha value is -3.04. The fourth-order valence-corrected chi connectivity index (χ4v) is 3.17. The molecule has 10 nitrogen and oxygen atoms in total. The molecule has 0 bridgehead atoms. The standard InChI is InChI=1S/C18H25N3O7/c1-18(2,3)28-17(23)19-11-9-12-13(14(21(24)25)15(11)26-5)10(16(22)27-6)7-8-20(12)4/h9-10H,7-8H2,1-6H3,(H,19,23). The van der Waals surface area contributed by atoms with Gasteiger partial charge in [-0.2, -0.15) is 0 Å². The van der Waals surface area contributed by atoms with E-state index in [1.807, 2.05) is 0 Å². The molecule has 0 aliphatic carbocycles. The van der Waals surface area contributed by atoms with E-state index in [1.165, 1.54) is 14.2 Å². The predicted octanol–water partition coefficient (Wildman–Crippen LogP) is 3.05. The zero-order chi connectivity index (χ0) is 21.2. The quantitative estimate of drug-likeness (QED) is 0.469. The van der Waals surface area contributed by atoms with Gasteiger partial charge in [0.15, 0.2) is 0 Å². The Kier molecular flexibility index (Phi) is 6.01. The van der Waals surface area contributed by atoms with E-state index in [-0.39, 0.29) is 22.7 Å². The van der Waals surface area contributed by atoms with Gasteiger partial charge >= 0.3 is 17.7 Å². The molecule has 1 aliphatic heterocycles. The highest BCUT2D eigenvalue weighted by Crippen LogP contribution is 2.49. The van der Waals surface area contributed by atoms with Crippen molar-refractivity contribution >= 4 is 29.1 Å². The first-order chi connectivity index (χ1) is 13.0. The maximum Gasteiger partial charge on any atom is 0.412 e. The summed E-state index contributed by atoms with van der Waals surface area (Å²) in [6.45, 7) is 5.59. The SMILES string of the molecule is COC(=O)C1CCN(C)c2cc(NC(=O)OC(C)(C)C)c(OC)c([N+](=O)[O-])c21. The molecule has 2 rings (SSSR count). The number of fused-ring (bicyclic) bond motifs is 1. The summed E-state index contributed by atoms with van der Waals surface area (Å²) in [5, 5.41) is 14.4. The number of nitrogens with zero attached hydrogens (tertiary/aromatic N) is 2. The summed E-state index contributed by atoms with van der Waals surface area (Å²) in [6.07, 6.45) is -0.415. The van der Waals surface area contributed by atoms with Gasteiger partial charge in [-0.1, -0.05) is 0 Å². The van der Waals surface area contributed by atoms with Crippen LogP contribution in [0.25, 0.3) is 0 Å². The number of nitrogens with one attached hydrogen (secondary N) is 1. The van der Waals surface area contributed by atoms with E-state index in [0.717, 1.165) is 0 Å². The molecule has 1 unspecified atom stereocenters. The van der Waals surface area contributed by atoms with Crippen molar-refractivity contribution in [2.45, 2.75) is 38.7 Å². The number of esters is 1. The number of methoxy groups -OCH3 is 2. The van der Waals surface area contributed by atoms with E-state index >= 15 is 0 Å². The molecule has 1 amide bonds. The Morgan fingerprint density at radius 1 is 1.32 bits per heavy atom. The average Bonchev–Trinajstić information content (AvgIpc) is 2.58. The van der Waals surface area contributed by atoms with Crippen molar-refractivity contribution in [2.75, 3.05) is 38.0 Å². The summed E-state index contributed by atoms with van der Waals surface area (Å²) in [7, 11) is 4.25. The van der Waals surface area contributed by atoms with Gasteiger partial charge in [0.2, 0.25) is 5.75 Å². The van der Waals surface area contributed by atoms with Gasteiger partial charge in [0.05, 0.1) is 36.3 Å². The van der Waals surface area contributed by atoms with Crippen molar-refractivity contribution in [2.24, 2.45) is 0 Å². The van der Waals surface area contributed by atoms with Gasteiger partial charge in [-0.05, 0) is 33.3 Å². The molecule has 154 valence electrons. The number of carbonyl (C=O) groups is 2. The zero-order valence-corrected chi connectivity index (χ0v) is 16.8. The third-order valence-electron chi connectivity index (χ3n) is 4.29. The highest BCUT2D eigenvalue weighted by atomic mass is 16.6. The number of nitro groups is 1. The van der Waals surface area contributed by atoms with Crippen LogP contribution in [0.1, 0.15) is 38.7 Å². The van der Waals surface area contributed by atoms with Gasteiger partial charge < -0.3 is 19.1 Å². The Balaban J connectivity index is 2.66. The van der Waals surface area contributed by atoms with Crippen LogP contribution in [-0.2, 0) is 14.3 Å². The summed E-state index contributed by atoms with van der Waals surface area (Å²) >= 11 is 0. The molecule has 0 fully saturated rings. The topological polar surface area (TPSA) is 120 Å². The number of carbonyl (C=O) groups excluding carboxylic acids is 2. The molecule has 28 heavy (non-hydrogen) atoms.